The molecule has 4 nitrogen and oxygen atoms in total. The lowest BCUT2D eigenvalue weighted by Crippen LogP contribution is -2.73. The van der Waals surface area contributed by atoms with Crippen molar-refractivity contribution in [2.75, 3.05) is 13.2 Å². The van der Waals surface area contributed by atoms with E-state index in [2.05, 4.69) is 48.5 Å². The molecular weight excluding hydrogens is 266 g/mol. The standard InChI is InChI=1S/C17H33NO3/c1-8-15(6)10-17(20-11-14(4,5)12-21-17)13(3)16(7,9-2)18(15)19/h13,19H,8-12H2,1-7H3. The number of piperidine rings is 1. The van der Waals surface area contributed by atoms with Gasteiger partial charge < -0.3 is 14.7 Å². The number of nitrogens with zero attached hydrogens (tertiary/aromatic N) is 1. The maximum absolute atomic E-state index is 10.9. The molecule has 2 fully saturated rings. The molecule has 0 amide bonds. The third kappa shape index (κ3) is 2.54. The summed E-state index contributed by atoms with van der Waals surface area (Å²) in [7, 11) is 0. The van der Waals surface area contributed by atoms with Gasteiger partial charge in [0.1, 0.15) is 0 Å². The molecular formula is C17H33NO3. The molecule has 21 heavy (non-hydrogen) atoms. The summed E-state index contributed by atoms with van der Waals surface area (Å²) in [6.45, 7) is 16.4. The number of hydrogen-bond acceptors (Lipinski definition) is 4. The van der Waals surface area contributed by atoms with Crippen molar-refractivity contribution in [3.63, 3.8) is 0 Å². The van der Waals surface area contributed by atoms with E-state index in [4.69, 9.17) is 9.47 Å². The molecule has 2 rings (SSSR count). The van der Waals surface area contributed by atoms with Crippen molar-refractivity contribution in [2.24, 2.45) is 11.3 Å². The van der Waals surface area contributed by atoms with Crippen molar-refractivity contribution < 1.29 is 14.7 Å². The van der Waals surface area contributed by atoms with Gasteiger partial charge in [-0.15, -0.1) is 0 Å². The van der Waals surface area contributed by atoms with Gasteiger partial charge in [0.25, 0.3) is 0 Å². The van der Waals surface area contributed by atoms with E-state index in [0.717, 1.165) is 12.8 Å². The van der Waals surface area contributed by atoms with Crippen LogP contribution in [0.25, 0.3) is 0 Å². The van der Waals surface area contributed by atoms with Gasteiger partial charge >= 0.3 is 0 Å². The van der Waals surface area contributed by atoms with Gasteiger partial charge in [-0.1, -0.05) is 34.6 Å². The average Bonchev–Trinajstić information content (AvgIpc) is 2.46. The smallest absolute Gasteiger partial charge is 0.174 e. The normalized spacial score (nSPS) is 43.1. The van der Waals surface area contributed by atoms with Gasteiger partial charge in [-0.25, -0.2) is 0 Å². The van der Waals surface area contributed by atoms with Crippen LogP contribution in [0.1, 0.15) is 67.7 Å². The first-order chi connectivity index (χ1) is 9.55. The molecule has 2 saturated heterocycles. The molecule has 0 aromatic rings. The van der Waals surface area contributed by atoms with Crippen LogP contribution in [-0.2, 0) is 9.47 Å². The molecule has 2 aliphatic heterocycles. The van der Waals surface area contributed by atoms with Crippen LogP contribution in [0.3, 0.4) is 0 Å². The van der Waals surface area contributed by atoms with Gasteiger partial charge in [0.05, 0.1) is 18.8 Å². The second-order valence-corrected chi connectivity index (χ2v) is 8.32. The maximum atomic E-state index is 10.9. The van der Waals surface area contributed by atoms with E-state index < -0.39 is 5.79 Å². The summed E-state index contributed by atoms with van der Waals surface area (Å²) in [6.07, 6.45) is 2.43. The first-order valence-electron chi connectivity index (χ1n) is 8.32. The SMILES string of the molecule is CCC1(C)CC2(OCC(C)(C)CO2)C(C)C(C)(CC)N1O. The van der Waals surface area contributed by atoms with Gasteiger partial charge in [-0.3, -0.25) is 0 Å². The summed E-state index contributed by atoms with van der Waals surface area (Å²) in [5.74, 6) is -0.472. The van der Waals surface area contributed by atoms with Crippen LogP contribution in [0.15, 0.2) is 0 Å². The third-order valence-corrected chi connectivity index (χ3v) is 6.11. The zero-order valence-corrected chi connectivity index (χ0v) is 14.8. The van der Waals surface area contributed by atoms with E-state index in [1.165, 1.54) is 0 Å². The summed E-state index contributed by atoms with van der Waals surface area (Å²) in [6, 6.07) is 0. The lowest BCUT2D eigenvalue weighted by atomic mass is 9.67. The second kappa shape index (κ2) is 5.19. The Kier molecular flexibility index (Phi) is 4.25. The van der Waals surface area contributed by atoms with Crippen molar-refractivity contribution in [3.8, 4) is 0 Å². The molecule has 3 unspecified atom stereocenters. The summed E-state index contributed by atoms with van der Waals surface area (Å²) in [5.41, 5.74) is -0.601. The van der Waals surface area contributed by atoms with E-state index in [1.54, 1.807) is 5.06 Å². The van der Waals surface area contributed by atoms with E-state index >= 15 is 0 Å². The molecule has 0 radical (unpaired) electrons. The van der Waals surface area contributed by atoms with Crippen LogP contribution in [0, 0.1) is 11.3 Å². The van der Waals surface area contributed by atoms with E-state index in [1.807, 2.05) is 0 Å². The molecule has 0 bridgehead atoms. The first-order valence-corrected chi connectivity index (χ1v) is 8.32. The Labute approximate surface area is 129 Å². The van der Waals surface area contributed by atoms with Crippen LogP contribution in [0.4, 0.5) is 0 Å². The zero-order valence-electron chi connectivity index (χ0n) is 14.8. The molecule has 0 aromatic carbocycles. The largest absolute Gasteiger partial charge is 0.349 e. The van der Waals surface area contributed by atoms with Gasteiger partial charge in [-0.05, 0) is 26.7 Å². The minimum absolute atomic E-state index is 0.0621. The molecule has 0 saturated carbocycles. The second-order valence-electron chi connectivity index (χ2n) is 8.32. The molecule has 2 aliphatic rings. The van der Waals surface area contributed by atoms with Crippen molar-refractivity contribution in [3.05, 3.63) is 0 Å². The quantitative estimate of drug-likeness (QED) is 0.841. The minimum atomic E-state index is -0.579. The summed E-state index contributed by atoms with van der Waals surface area (Å²) < 4.78 is 12.6. The highest BCUT2D eigenvalue weighted by atomic mass is 16.7. The van der Waals surface area contributed by atoms with E-state index in [-0.39, 0.29) is 22.4 Å². The van der Waals surface area contributed by atoms with Gasteiger partial charge in [0, 0.05) is 23.3 Å². The van der Waals surface area contributed by atoms with Crippen LogP contribution >= 0.6 is 0 Å². The third-order valence-electron chi connectivity index (χ3n) is 6.11. The zero-order chi connectivity index (χ0) is 16.1. The Hall–Kier alpha value is -0.160. The fourth-order valence-corrected chi connectivity index (χ4v) is 3.83. The Morgan fingerprint density at radius 2 is 1.57 bits per heavy atom. The Morgan fingerprint density at radius 1 is 1.05 bits per heavy atom. The molecule has 1 spiro atoms. The topological polar surface area (TPSA) is 41.9 Å². The highest BCUT2D eigenvalue weighted by Gasteiger charge is 2.62. The molecule has 1 N–H and O–H groups in total. The number of rotatable bonds is 2. The number of ether oxygens (including phenoxy) is 2. The van der Waals surface area contributed by atoms with E-state index in [0.29, 0.717) is 19.6 Å². The molecule has 124 valence electrons. The molecule has 2 heterocycles. The Bertz CT molecular complexity index is 387. The van der Waals surface area contributed by atoms with Gasteiger partial charge in [-0.2, -0.15) is 5.06 Å². The average molecular weight is 299 g/mol. The molecule has 0 aromatic heterocycles. The molecule has 0 aliphatic carbocycles. The first kappa shape index (κ1) is 17.2. The van der Waals surface area contributed by atoms with Crippen molar-refractivity contribution >= 4 is 0 Å². The van der Waals surface area contributed by atoms with Gasteiger partial charge in [0.2, 0.25) is 0 Å². The van der Waals surface area contributed by atoms with Crippen LogP contribution in [0.2, 0.25) is 0 Å². The fourth-order valence-electron chi connectivity index (χ4n) is 3.83. The maximum Gasteiger partial charge on any atom is 0.174 e. The lowest BCUT2D eigenvalue weighted by molar-refractivity contribution is -0.399. The van der Waals surface area contributed by atoms with Crippen LogP contribution in [-0.4, -0.2) is 40.3 Å². The summed E-state index contributed by atoms with van der Waals surface area (Å²) in [4.78, 5) is 0. The number of hydroxylamine groups is 2. The molecule has 4 heteroatoms. The number of hydrogen-bond donors (Lipinski definition) is 1. The van der Waals surface area contributed by atoms with Crippen LogP contribution in [0.5, 0.6) is 0 Å². The van der Waals surface area contributed by atoms with Crippen molar-refractivity contribution in [1.29, 1.82) is 0 Å². The van der Waals surface area contributed by atoms with E-state index in [9.17, 15) is 5.21 Å². The predicted octanol–water partition coefficient (Wildman–Crippen LogP) is 3.82. The summed E-state index contributed by atoms with van der Waals surface area (Å²) >= 11 is 0. The highest BCUT2D eigenvalue weighted by molar-refractivity contribution is 5.08. The Morgan fingerprint density at radius 3 is 2.00 bits per heavy atom. The lowest BCUT2D eigenvalue weighted by Gasteiger charge is -2.63. The predicted molar refractivity (Wildman–Crippen MR) is 83.2 cm³/mol. The monoisotopic (exact) mass is 299 g/mol. The van der Waals surface area contributed by atoms with Crippen molar-refractivity contribution in [2.45, 2.75) is 84.6 Å². The fraction of sp³-hybridized carbons (Fsp3) is 1.00. The van der Waals surface area contributed by atoms with Crippen LogP contribution < -0.4 is 0 Å². The Balaban J connectivity index is 2.39. The summed E-state index contributed by atoms with van der Waals surface area (Å²) in [5, 5.41) is 12.4. The van der Waals surface area contributed by atoms with Crippen molar-refractivity contribution in [1.82, 2.24) is 5.06 Å². The van der Waals surface area contributed by atoms with Gasteiger partial charge in [0.15, 0.2) is 5.79 Å². The molecule has 3 atom stereocenters. The highest BCUT2D eigenvalue weighted by Crippen LogP contribution is 2.53. The minimum Gasteiger partial charge on any atom is -0.349 e.